The van der Waals surface area contributed by atoms with E-state index in [1.165, 1.54) is 11.3 Å². The summed E-state index contributed by atoms with van der Waals surface area (Å²) in [7, 11) is 0. The molecule has 1 aromatic carbocycles. The van der Waals surface area contributed by atoms with E-state index in [-0.39, 0.29) is 18.1 Å². The first-order chi connectivity index (χ1) is 11.7. The zero-order valence-corrected chi connectivity index (χ0v) is 14.0. The lowest BCUT2D eigenvalue weighted by Gasteiger charge is -2.10. The van der Waals surface area contributed by atoms with E-state index in [1.807, 2.05) is 13.0 Å². The van der Waals surface area contributed by atoms with Gasteiger partial charge in [-0.25, -0.2) is 4.98 Å². The minimum atomic E-state index is -0.290. The number of benzene rings is 1. The fourth-order valence-corrected chi connectivity index (χ4v) is 2.96. The molecule has 0 saturated heterocycles. The molecule has 0 unspecified atom stereocenters. The Balaban J connectivity index is 1.78. The highest BCUT2D eigenvalue weighted by Crippen LogP contribution is 2.23. The molecule has 0 spiro atoms. The number of fused-ring (bicyclic) bond motifs is 1. The van der Waals surface area contributed by atoms with Crippen molar-refractivity contribution >= 4 is 33.1 Å². The van der Waals surface area contributed by atoms with Crippen LogP contribution in [0, 0.1) is 0 Å². The van der Waals surface area contributed by atoms with Crippen molar-refractivity contribution in [2.75, 3.05) is 11.9 Å². The van der Waals surface area contributed by atoms with Crippen molar-refractivity contribution in [1.82, 2.24) is 9.55 Å². The van der Waals surface area contributed by atoms with Crippen molar-refractivity contribution in [2.45, 2.75) is 19.9 Å². The van der Waals surface area contributed by atoms with Crippen LogP contribution in [-0.4, -0.2) is 22.1 Å². The molecule has 6 nitrogen and oxygen atoms in total. The van der Waals surface area contributed by atoms with Crippen molar-refractivity contribution < 1.29 is 9.53 Å². The van der Waals surface area contributed by atoms with Crippen LogP contribution in [0.1, 0.15) is 13.3 Å². The largest absolute Gasteiger partial charge is 0.483 e. The van der Waals surface area contributed by atoms with E-state index in [9.17, 15) is 9.59 Å². The molecule has 7 heteroatoms. The number of aryl methyl sites for hydroxylation is 1. The molecule has 0 fully saturated rings. The fourth-order valence-electron chi connectivity index (χ4n) is 2.42. The number of carbonyl (C=O) groups is 1. The molecule has 0 aliphatic carbocycles. The Kier molecular flexibility index (Phi) is 4.90. The Hall–Kier alpha value is -2.67. The van der Waals surface area contributed by atoms with Crippen LogP contribution in [0.25, 0.3) is 10.8 Å². The van der Waals surface area contributed by atoms with E-state index in [0.29, 0.717) is 28.2 Å². The fraction of sp³-hybridized carbons (Fsp3) is 0.235. The van der Waals surface area contributed by atoms with Crippen molar-refractivity contribution in [1.29, 1.82) is 0 Å². The lowest BCUT2D eigenvalue weighted by molar-refractivity contribution is -0.118. The summed E-state index contributed by atoms with van der Waals surface area (Å²) in [4.78, 5) is 28.3. The summed E-state index contributed by atoms with van der Waals surface area (Å²) in [5.41, 5.74) is -0.0490. The topological polar surface area (TPSA) is 73.2 Å². The van der Waals surface area contributed by atoms with Gasteiger partial charge in [-0.1, -0.05) is 13.0 Å². The highest BCUT2D eigenvalue weighted by Gasteiger charge is 2.10. The van der Waals surface area contributed by atoms with Crippen LogP contribution in [0.2, 0.25) is 0 Å². The smallest absolute Gasteiger partial charge is 0.264 e. The third-order valence-corrected chi connectivity index (χ3v) is 4.17. The van der Waals surface area contributed by atoms with Gasteiger partial charge in [0.1, 0.15) is 5.75 Å². The summed E-state index contributed by atoms with van der Waals surface area (Å²) in [5, 5.41) is 6.26. The van der Waals surface area contributed by atoms with Crippen molar-refractivity contribution in [3.05, 3.63) is 52.4 Å². The van der Waals surface area contributed by atoms with Gasteiger partial charge in [-0.15, -0.1) is 11.3 Å². The lowest BCUT2D eigenvalue weighted by Crippen LogP contribution is -2.21. The van der Waals surface area contributed by atoms with Gasteiger partial charge in [-0.05, 0) is 24.6 Å². The number of nitrogens with one attached hydrogen (secondary N) is 1. The number of ether oxygens (including phenoxy) is 1. The van der Waals surface area contributed by atoms with E-state index in [4.69, 9.17) is 4.74 Å². The molecule has 3 rings (SSSR count). The molecule has 2 heterocycles. The monoisotopic (exact) mass is 343 g/mol. The molecule has 0 aliphatic rings. The first-order valence-corrected chi connectivity index (χ1v) is 8.51. The van der Waals surface area contributed by atoms with E-state index in [0.717, 1.165) is 6.42 Å². The number of nitrogens with zero attached hydrogens (tertiary/aromatic N) is 2. The zero-order chi connectivity index (χ0) is 16.9. The van der Waals surface area contributed by atoms with E-state index in [2.05, 4.69) is 10.3 Å². The second kappa shape index (κ2) is 7.27. The number of carbonyl (C=O) groups excluding carboxylic acids is 1. The van der Waals surface area contributed by atoms with Crippen molar-refractivity contribution in [3.63, 3.8) is 0 Å². The molecule has 0 saturated carbocycles. The van der Waals surface area contributed by atoms with Gasteiger partial charge < -0.3 is 9.30 Å². The molecule has 0 atom stereocenters. The zero-order valence-electron chi connectivity index (χ0n) is 13.2. The Morgan fingerprint density at radius 1 is 1.33 bits per heavy atom. The maximum atomic E-state index is 12.4. The lowest BCUT2D eigenvalue weighted by atomic mass is 10.1. The molecule has 1 N–H and O–H groups in total. The standard InChI is InChI=1S/C17H17N3O3S/c1-2-8-20-9-6-12-13(16(20)22)4-3-5-14(12)23-11-15(21)19-17-18-7-10-24-17/h3-7,9-10H,2,8,11H2,1H3,(H,18,19,21). The third-order valence-electron chi connectivity index (χ3n) is 3.48. The maximum absolute atomic E-state index is 12.4. The summed E-state index contributed by atoms with van der Waals surface area (Å²) in [6.07, 6.45) is 4.27. The summed E-state index contributed by atoms with van der Waals surface area (Å²) in [6, 6.07) is 7.13. The van der Waals surface area contributed by atoms with Crippen LogP contribution >= 0.6 is 11.3 Å². The van der Waals surface area contributed by atoms with Crippen LogP contribution in [0.3, 0.4) is 0 Å². The van der Waals surface area contributed by atoms with E-state index >= 15 is 0 Å². The summed E-state index contributed by atoms with van der Waals surface area (Å²) < 4.78 is 7.28. The number of pyridine rings is 1. The highest BCUT2D eigenvalue weighted by atomic mass is 32.1. The first-order valence-electron chi connectivity index (χ1n) is 7.63. The maximum Gasteiger partial charge on any atom is 0.264 e. The molecule has 124 valence electrons. The normalized spacial score (nSPS) is 10.7. The highest BCUT2D eigenvalue weighted by molar-refractivity contribution is 7.13. The van der Waals surface area contributed by atoms with Gasteiger partial charge in [0.25, 0.3) is 11.5 Å². The van der Waals surface area contributed by atoms with Gasteiger partial charge in [0.2, 0.25) is 0 Å². The number of hydrogen-bond donors (Lipinski definition) is 1. The number of hydrogen-bond acceptors (Lipinski definition) is 5. The van der Waals surface area contributed by atoms with Gasteiger partial charge >= 0.3 is 0 Å². The minimum absolute atomic E-state index is 0.0490. The average molecular weight is 343 g/mol. The quantitative estimate of drug-likeness (QED) is 0.747. The van der Waals surface area contributed by atoms with Gasteiger partial charge in [0, 0.05) is 29.7 Å². The SMILES string of the molecule is CCCn1ccc2c(OCC(=O)Nc3nccs3)cccc2c1=O. The Labute approximate surface area is 142 Å². The van der Waals surface area contributed by atoms with Gasteiger partial charge in [0.15, 0.2) is 11.7 Å². The molecular weight excluding hydrogens is 326 g/mol. The van der Waals surface area contributed by atoms with Crippen LogP contribution in [0.4, 0.5) is 5.13 Å². The number of aromatic nitrogens is 2. The van der Waals surface area contributed by atoms with E-state index < -0.39 is 0 Å². The van der Waals surface area contributed by atoms with Gasteiger partial charge in [-0.2, -0.15) is 0 Å². The number of thiazole rings is 1. The third kappa shape index (κ3) is 3.46. The molecule has 0 bridgehead atoms. The Bertz CT molecular complexity index is 903. The number of amides is 1. The summed E-state index contributed by atoms with van der Waals surface area (Å²) in [6.45, 7) is 2.56. The average Bonchev–Trinajstić information content (AvgIpc) is 3.08. The summed E-state index contributed by atoms with van der Waals surface area (Å²) in [5.74, 6) is 0.226. The minimum Gasteiger partial charge on any atom is -0.483 e. The molecule has 0 aliphatic heterocycles. The van der Waals surface area contributed by atoms with Crippen LogP contribution in [-0.2, 0) is 11.3 Å². The Morgan fingerprint density at radius 3 is 2.96 bits per heavy atom. The van der Waals surface area contributed by atoms with Crippen LogP contribution < -0.4 is 15.6 Å². The summed E-state index contributed by atoms with van der Waals surface area (Å²) >= 11 is 1.34. The molecule has 3 aromatic rings. The van der Waals surface area contributed by atoms with Gasteiger partial charge in [-0.3, -0.25) is 14.9 Å². The first kappa shape index (κ1) is 16.2. The molecule has 24 heavy (non-hydrogen) atoms. The van der Waals surface area contributed by atoms with Crippen LogP contribution in [0.5, 0.6) is 5.75 Å². The number of rotatable bonds is 6. The molecule has 1 amide bonds. The predicted molar refractivity (Wildman–Crippen MR) is 94.7 cm³/mol. The molecule has 0 radical (unpaired) electrons. The molecular formula is C17H17N3O3S. The van der Waals surface area contributed by atoms with E-state index in [1.54, 1.807) is 40.5 Å². The van der Waals surface area contributed by atoms with Gasteiger partial charge in [0.05, 0.1) is 5.39 Å². The second-order valence-corrected chi connectivity index (χ2v) is 6.10. The predicted octanol–water partition coefficient (Wildman–Crippen LogP) is 2.89. The number of anilines is 1. The van der Waals surface area contributed by atoms with Crippen molar-refractivity contribution in [3.8, 4) is 5.75 Å². The Morgan fingerprint density at radius 2 is 2.21 bits per heavy atom. The van der Waals surface area contributed by atoms with Crippen LogP contribution in [0.15, 0.2) is 46.8 Å². The molecule has 2 aromatic heterocycles. The second-order valence-electron chi connectivity index (χ2n) is 5.21. The van der Waals surface area contributed by atoms with Crippen molar-refractivity contribution in [2.24, 2.45) is 0 Å².